The van der Waals surface area contributed by atoms with Gasteiger partial charge < -0.3 is 10.6 Å². The predicted octanol–water partition coefficient (Wildman–Crippen LogP) is 0.0758. The standard InChI is InChI=1S/C12H23N3O3S.ClH/c1-19(17,18)14-11-5-6-15(8-11)12(16)9-3-2-4-10(13)7-9;/h9-11,14H,2-8,13H2,1H3;1H. The molecule has 0 radical (unpaired) electrons. The Morgan fingerprint density at radius 3 is 2.60 bits per heavy atom. The van der Waals surface area contributed by atoms with Crippen molar-refractivity contribution in [3.05, 3.63) is 0 Å². The molecular weight excluding hydrogens is 302 g/mol. The van der Waals surface area contributed by atoms with Crippen molar-refractivity contribution in [2.45, 2.75) is 44.2 Å². The summed E-state index contributed by atoms with van der Waals surface area (Å²) in [6, 6.07) is -0.00791. The molecule has 2 rings (SSSR count). The summed E-state index contributed by atoms with van der Waals surface area (Å²) in [6.45, 7) is 1.12. The fraction of sp³-hybridized carbons (Fsp3) is 0.917. The highest BCUT2D eigenvalue weighted by molar-refractivity contribution is 7.88. The van der Waals surface area contributed by atoms with Crippen LogP contribution < -0.4 is 10.5 Å². The van der Waals surface area contributed by atoms with Gasteiger partial charge in [0.25, 0.3) is 0 Å². The van der Waals surface area contributed by atoms with Crippen LogP contribution in [0.25, 0.3) is 0 Å². The number of sulfonamides is 1. The average molecular weight is 326 g/mol. The maximum atomic E-state index is 12.4. The molecule has 1 amide bonds. The third-order valence-electron chi connectivity index (χ3n) is 3.94. The number of rotatable bonds is 3. The lowest BCUT2D eigenvalue weighted by atomic mass is 9.85. The Balaban J connectivity index is 0.00000200. The highest BCUT2D eigenvalue weighted by atomic mass is 35.5. The van der Waals surface area contributed by atoms with Gasteiger partial charge >= 0.3 is 0 Å². The first-order chi connectivity index (χ1) is 8.85. The monoisotopic (exact) mass is 325 g/mol. The second-order valence-corrected chi connectivity index (χ2v) is 7.56. The molecule has 0 aromatic heterocycles. The fourth-order valence-electron chi connectivity index (χ4n) is 3.07. The van der Waals surface area contributed by atoms with Crippen LogP contribution in [-0.4, -0.2) is 50.7 Å². The van der Waals surface area contributed by atoms with Crippen molar-refractivity contribution in [2.24, 2.45) is 11.7 Å². The molecule has 20 heavy (non-hydrogen) atoms. The number of hydrogen-bond donors (Lipinski definition) is 2. The minimum Gasteiger partial charge on any atom is -0.341 e. The van der Waals surface area contributed by atoms with Crippen molar-refractivity contribution < 1.29 is 13.2 Å². The van der Waals surface area contributed by atoms with Gasteiger partial charge in [-0.25, -0.2) is 13.1 Å². The van der Waals surface area contributed by atoms with Crippen molar-refractivity contribution in [1.82, 2.24) is 9.62 Å². The molecule has 118 valence electrons. The van der Waals surface area contributed by atoms with Crippen molar-refractivity contribution in [2.75, 3.05) is 19.3 Å². The molecule has 8 heteroatoms. The van der Waals surface area contributed by atoms with Crippen LogP contribution in [0.5, 0.6) is 0 Å². The van der Waals surface area contributed by atoms with Crippen molar-refractivity contribution in [3.8, 4) is 0 Å². The van der Waals surface area contributed by atoms with Crippen LogP contribution in [0.1, 0.15) is 32.1 Å². The van der Waals surface area contributed by atoms with Crippen molar-refractivity contribution in [1.29, 1.82) is 0 Å². The highest BCUT2D eigenvalue weighted by Crippen LogP contribution is 2.26. The number of nitrogens with two attached hydrogens (primary N) is 1. The van der Waals surface area contributed by atoms with Gasteiger partial charge in [-0.05, 0) is 25.7 Å². The van der Waals surface area contributed by atoms with Crippen LogP contribution in [0.4, 0.5) is 0 Å². The largest absolute Gasteiger partial charge is 0.341 e. The molecule has 3 atom stereocenters. The highest BCUT2D eigenvalue weighted by Gasteiger charge is 2.33. The number of likely N-dealkylation sites (tertiary alicyclic amines) is 1. The molecular formula is C12H24ClN3O3S. The van der Waals surface area contributed by atoms with Gasteiger partial charge in [0.05, 0.1) is 6.26 Å². The molecule has 1 aliphatic carbocycles. The smallest absolute Gasteiger partial charge is 0.225 e. The molecule has 3 N–H and O–H groups in total. The summed E-state index contributed by atoms with van der Waals surface area (Å²) in [6.07, 6.45) is 5.53. The zero-order valence-corrected chi connectivity index (χ0v) is 13.4. The minimum atomic E-state index is -3.20. The Labute approximate surface area is 126 Å². The van der Waals surface area contributed by atoms with Crippen LogP contribution in [0.3, 0.4) is 0 Å². The molecule has 2 fully saturated rings. The SMILES string of the molecule is CS(=O)(=O)NC1CCN(C(=O)C2CCCC(N)C2)C1.Cl. The second kappa shape index (κ2) is 7.06. The molecule has 2 aliphatic rings. The summed E-state index contributed by atoms with van der Waals surface area (Å²) in [5, 5.41) is 0. The topological polar surface area (TPSA) is 92.5 Å². The third-order valence-corrected chi connectivity index (χ3v) is 4.71. The Hall–Kier alpha value is -0.370. The molecule has 0 bridgehead atoms. The van der Waals surface area contributed by atoms with Gasteiger partial charge in [0.2, 0.25) is 15.9 Å². The van der Waals surface area contributed by atoms with Gasteiger partial charge in [-0.15, -0.1) is 12.4 Å². The Morgan fingerprint density at radius 1 is 1.30 bits per heavy atom. The van der Waals surface area contributed by atoms with E-state index in [1.54, 1.807) is 4.90 Å². The molecule has 0 aromatic carbocycles. The van der Waals surface area contributed by atoms with Gasteiger partial charge in [0.1, 0.15) is 0 Å². The number of halogens is 1. The molecule has 1 aliphatic heterocycles. The Kier molecular flexibility index (Phi) is 6.25. The number of nitrogens with zero attached hydrogens (tertiary/aromatic N) is 1. The van der Waals surface area contributed by atoms with E-state index in [2.05, 4.69) is 4.72 Å². The van der Waals surface area contributed by atoms with Crippen molar-refractivity contribution >= 4 is 28.3 Å². The van der Waals surface area contributed by atoms with Crippen LogP contribution in [-0.2, 0) is 14.8 Å². The van der Waals surface area contributed by atoms with Gasteiger partial charge in [-0.3, -0.25) is 4.79 Å². The van der Waals surface area contributed by atoms with Crippen LogP contribution >= 0.6 is 12.4 Å². The fourth-order valence-corrected chi connectivity index (χ4v) is 3.87. The van der Waals surface area contributed by atoms with Gasteiger partial charge in [-0.2, -0.15) is 0 Å². The van der Waals surface area contributed by atoms with E-state index in [1.807, 2.05) is 0 Å². The number of carbonyl (C=O) groups is 1. The molecule has 1 heterocycles. The zero-order valence-electron chi connectivity index (χ0n) is 11.7. The van der Waals surface area contributed by atoms with Crippen LogP contribution in [0, 0.1) is 5.92 Å². The molecule has 0 aromatic rings. The van der Waals surface area contributed by atoms with Gasteiger partial charge in [-0.1, -0.05) is 6.42 Å². The predicted molar refractivity (Wildman–Crippen MR) is 80.1 cm³/mol. The van der Waals surface area contributed by atoms with E-state index in [9.17, 15) is 13.2 Å². The summed E-state index contributed by atoms with van der Waals surface area (Å²) < 4.78 is 24.9. The first kappa shape index (κ1) is 17.7. The minimum absolute atomic E-state index is 0. The number of amides is 1. The maximum Gasteiger partial charge on any atom is 0.225 e. The van der Waals surface area contributed by atoms with E-state index in [0.29, 0.717) is 19.5 Å². The summed E-state index contributed by atoms with van der Waals surface area (Å²) in [5.41, 5.74) is 5.91. The number of carbonyl (C=O) groups excluding carboxylic acids is 1. The van der Waals surface area contributed by atoms with E-state index in [4.69, 9.17) is 5.73 Å². The first-order valence-corrected chi connectivity index (χ1v) is 8.76. The quantitative estimate of drug-likeness (QED) is 0.768. The zero-order chi connectivity index (χ0) is 14.0. The lowest BCUT2D eigenvalue weighted by Crippen LogP contribution is -2.42. The molecule has 1 saturated heterocycles. The summed E-state index contributed by atoms with van der Waals surface area (Å²) in [4.78, 5) is 14.1. The molecule has 1 saturated carbocycles. The Bertz CT molecular complexity index is 443. The van der Waals surface area contributed by atoms with E-state index >= 15 is 0 Å². The normalized spacial score (nSPS) is 30.9. The maximum absolute atomic E-state index is 12.4. The third kappa shape index (κ3) is 4.87. The van der Waals surface area contributed by atoms with Gasteiger partial charge in [0, 0.05) is 31.1 Å². The second-order valence-electron chi connectivity index (χ2n) is 5.78. The first-order valence-electron chi connectivity index (χ1n) is 6.87. The summed E-state index contributed by atoms with van der Waals surface area (Å²) in [5.74, 6) is 0.175. The lowest BCUT2D eigenvalue weighted by Gasteiger charge is -2.29. The van der Waals surface area contributed by atoms with E-state index in [0.717, 1.165) is 31.9 Å². The summed E-state index contributed by atoms with van der Waals surface area (Å²) >= 11 is 0. The van der Waals surface area contributed by atoms with E-state index in [1.165, 1.54) is 0 Å². The van der Waals surface area contributed by atoms with E-state index in [-0.39, 0.29) is 36.3 Å². The van der Waals surface area contributed by atoms with Crippen molar-refractivity contribution in [3.63, 3.8) is 0 Å². The van der Waals surface area contributed by atoms with Gasteiger partial charge in [0.15, 0.2) is 0 Å². The average Bonchev–Trinajstić information content (AvgIpc) is 2.74. The number of hydrogen-bond acceptors (Lipinski definition) is 4. The van der Waals surface area contributed by atoms with Crippen LogP contribution in [0.15, 0.2) is 0 Å². The molecule has 3 unspecified atom stereocenters. The summed E-state index contributed by atoms with van der Waals surface area (Å²) in [7, 11) is -3.20. The molecule has 6 nitrogen and oxygen atoms in total. The Morgan fingerprint density at radius 2 is 2.00 bits per heavy atom. The van der Waals surface area contributed by atoms with E-state index < -0.39 is 10.0 Å². The lowest BCUT2D eigenvalue weighted by molar-refractivity contribution is -0.135. The number of nitrogens with one attached hydrogen (secondary N) is 1. The molecule has 0 spiro atoms. The van der Waals surface area contributed by atoms with Crippen LogP contribution in [0.2, 0.25) is 0 Å².